The van der Waals surface area contributed by atoms with Gasteiger partial charge in [0.05, 0.1) is 0 Å². The fourth-order valence-corrected chi connectivity index (χ4v) is 4.48. The van der Waals surface area contributed by atoms with E-state index in [1.54, 1.807) is 23.4 Å². The monoisotopic (exact) mass is 400 g/mol. The third-order valence-corrected chi connectivity index (χ3v) is 6.08. The highest BCUT2D eigenvalue weighted by Crippen LogP contribution is 2.28. The van der Waals surface area contributed by atoms with Crippen molar-refractivity contribution in [3.8, 4) is 0 Å². The summed E-state index contributed by atoms with van der Waals surface area (Å²) >= 11 is 0. The topological polar surface area (TPSA) is 98.7 Å². The van der Waals surface area contributed by atoms with Crippen molar-refractivity contribution >= 4 is 23.7 Å². The van der Waals surface area contributed by atoms with E-state index in [0.29, 0.717) is 38.5 Å². The van der Waals surface area contributed by atoms with Gasteiger partial charge < -0.3 is 20.0 Å². The van der Waals surface area contributed by atoms with Crippen LogP contribution in [0.2, 0.25) is 0 Å². The van der Waals surface area contributed by atoms with E-state index >= 15 is 0 Å². The van der Waals surface area contributed by atoms with Crippen LogP contribution in [0.4, 0.5) is 5.95 Å². The Morgan fingerprint density at radius 1 is 1.03 bits per heavy atom. The fraction of sp³-hybridized carbons (Fsp3) is 0.650. The van der Waals surface area contributed by atoms with Gasteiger partial charge in [0.1, 0.15) is 6.04 Å². The summed E-state index contributed by atoms with van der Waals surface area (Å²) in [7, 11) is 0. The first kappa shape index (κ1) is 19.6. The second kappa shape index (κ2) is 8.75. The number of hydrogen-bond donors (Lipinski definition) is 1. The first-order valence-electron chi connectivity index (χ1n) is 10.5. The summed E-state index contributed by atoms with van der Waals surface area (Å²) in [6.07, 6.45) is 7.61. The smallest absolute Gasteiger partial charge is 0.245 e. The summed E-state index contributed by atoms with van der Waals surface area (Å²) in [5.74, 6) is 0.474. The van der Waals surface area contributed by atoms with Gasteiger partial charge in [-0.05, 0) is 31.7 Å². The van der Waals surface area contributed by atoms with E-state index in [1.165, 1.54) is 0 Å². The molecule has 0 saturated carbocycles. The number of rotatable bonds is 5. The Bertz CT molecular complexity index is 750. The van der Waals surface area contributed by atoms with Gasteiger partial charge in [-0.1, -0.05) is 0 Å². The molecular weight excluding hydrogens is 372 g/mol. The first-order chi connectivity index (χ1) is 14.1. The van der Waals surface area contributed by atoms with Crippen molar-refractivity contribution in [1.29, 1.82) is 0 Å². The zero-order chi connectivity index (χ0) is 20.2. The summed E-state index contributed by atoms with van der Waals surface area (Å²) in [6, 6.07) is 1.63. The van der Waals surface area contributed by atoms with Gasteiger partial charge in [0.2, 0.25) is 23.7 Å². The molecule has 0 radical (unpaired) electrons. The van der Waals surface area contributed by atoms with E-state index in [-0.39, 0.29) is 36.6 Å². The van der Waals surface area contributed by atoms with Crippen LogP contribution in [-0.4, -0.2) is 82.3 Å². The molecule has 3 saturated heterocycles. The van der Waals surface area contributed by atoms with Crippen molar-refractivity contribution in [3.05, 3.63) is 18.5 Å². The molecule has 0 bridgehead atoms. The summed E-state index contributed by atoms with van der Waals surface area (Å²) in [6.45, 7) is 3.34. The van der Waals surface area contributed by atoms with E-state index < -0.39 is 6.04 Å². The van der Waals surface area contributed by atoms with Crippen LogP contribution in [0.15, 0.2) is 18.5 Å². The van der Waals surface area contributed by atoms with Crippen molar-refractivity contribution in [2.45, 2.75) is 50.6 Å². The quantitative estimate of drug-likeness (QED) is 0.757. The number of nitrogens with one attached hydrogen (secondary N) is 1. The molecule has 3 aliphatic rings. The average Bonchev–Trinajstić information content (AvgIpc) is 3.08. The molecule has 0 spiro atoms. The van der Waals surface area contributed by atoms with Gasteiger partial charge in [-0.15, -0.1) is 0 Å². The minimum absolute atomic E-state index is 0.0241. The predicted octanol–water partition coefficient (Wildman–Crippen LogP) is 0.175. The van der Waals surface area contributed by atoms with Crippen molar-refractivity contribution in [2.75, 3.05) is 37.6 Å². The van der Waals surface area contributed by atoms with Crippen LogP contribution in [0.5, 0.6) is 0 Å². The highest BCUT2D eigenvalue weighted by atomic mass is 16.2. The lowest BCUT2D eigenvalue weighted by molar-refractivity contribution is -0.135. The van der Waals surface area contributed by atoms with E-state index in [4.69, 9.17) is 0 Å². The molecule has 9 nitrogen and oxygen atoms in total. The molecule has 3 fully saturated rings. The maximum Gasteiger partial charge on any atom is 0.245 e. The van der Waals surface area contributed by atoms with Crippen molar-refractivity contribution in [1.82, 2.24) is 25.1 Å². The molecule has 3 amide bonds. The predicted molar refractivity (Wildman–Crippen MR) is 106 cm³/mol. The summed E-state index contributed by atoms with van der Waals surface area (Å²) < 4.78 is 0. The van der Waals surface area contributed by atoms with Gasteiger partial charge in [-0.25, -0.2) is 9.97 Å². The lowest BCUT2D eigenvalue weighted by atomic mass is 10.0. The van der Waals surface area contributed by atoms with Gasteiger partial charge in [0.15, 0.2) is 0 Å². The lowest BCUT2D eigenvalue weighted by Crippen LogP contribution is -2.49. The molecule has 1 aromatic rings. The van der Waals surface area contributed by atoms with Crippen LogP contribution in [0.3, 0.4) is 0 Å². The number of hydrogen-bond acceptors (Lipinski definition) is 6. The molecular formula is C20H28N6O3. The molecule has 2 unspecified atom stereocenters. The molecule has 1 N–H and O–H groups in total. The number of carbonyl (C=O) groups excluding carboxylic acids is 3. The van der Waals surface area contributed by atoms with E-state index in [0.717, 1.165) is 25.8 Å². The molecule has 3 aliphatic heterocycles. The lowest BCUT2D eigenvalue weighted by Gasteiger charge is -2.34. The summed E-state index contributed by atoms with van der Waals surface area (Å²) in [4.78, 5) is 51.4. The standard InChI is InChI=1S/C20H28N6O3/c27-17(23-16-14-15-4-1-2-9-26(15)19(16)29)5-6-18(28)24-10-12-25(13-11-24)20-21-7-3-8-22-20/h3,7-8,15-16H,1-2,4-6,9-14H2,(H,23,27). The Morgan fingerprint density at radius 2 is 1.79 bits per heavy atom. The number of piperazine rings is 1. The average molecular weight is 400 g/mol. The number of carbonyl (C=O) groups is 3. The Labute approximate surface area is 170 Å². The number of aromatic nitrogens is 2. The number of anilines is 1. The van der Waals surface area contributed by atoms with Gasteiger partial charge in [-0.2, -0.15) is 0 Å². The zero-order valence-corrected chi connectivity index (χ0v) is 16.6. The summed E-state index contributed by atoms with van der Waals surface area (Å²) in [5.41, 5.74) is 0. The Kier molecular flexibility index (Phi) is 5.92. The van der Waals surface area contributed by atoms with Crippen molar-refractivity contribution in [3.63, 3.8) is 0 Å². The van der Waals surface area contributed by atoms with Crippen LogP contribution >= 0.6 is 0 Å². The number of nitrogens with zero attached hydrogens (tertiary/aromatic N) is 5. The molecule has 156 valence electrons. The Hall–Kier alpha value is -2.71. The molecule has 29 heavy (non-hydrogen) atoms. The van der Waals surface area contributed by atoms with Gasteiger partial charge >= 0.3 is 0 Å². The maximum absolute atomic E-state index is 12.5. The van der Waals surface area contributed by atoms with E-state index in [1.807, 2.05) is 4.90 Å². The number of amides is 3. The van der Waals surface area contributed by atoms with Crippen LogP contribution in [0.25, 0.3) is 0 Å². The minimum Gasteiger partial charge on any atom is -0.344 e. The maximum atomic E-state index is 12.5. The minimum atomic E-state index is -0.421. The molecule has 0 aliphatic carbocycles. The highest BCUT2D eigenvalue weighted by molar-refractivity contribution is 5.91. The molecule has 9 heteroatoms. The summed E-state index contributed by atoms with van der Waals surface area (Å²) in [5, 5.41) is 2.85. The van der Waals surface area contributed by atoms with Gasteiger partial charge in [-0.3, -0.25) is 14.4 Å². The van der Waals surface area contributed by atoms with Crippen molar-refractivity contribution < 1.29 is 14.4 Å². The van der Waals surface area contributed by atoms with Crippen LogP contribution < -0.4 is 10.2 Å². The Balaban J connectivity index is 1.19. The van der Waals surface area contributed by atoms with Crippen LogP contribution in [0.1, 0.15) is 38.5 Å². The first-order valence-corrected chi connectivity index (χ1v) is 10.5. The fourth-order valence-electron chi connectivity index (χ4n) is 4.48. The van der Waals surface area contributed by atoms with Gasteiger partial charge in [0, 0.05) is 64.0 Å². The van der Waals surface area contributed by atoms with Gasteiger partial charge in [0.25, 0.3) is 0 Å². The van der Waals surface area contributed by atoms with E-state index in [2.05, 4.69) is 20.2 Å². The third kappa shape index (κ3) is 4.49. The molecule has 4 heterocycles. The second-order valence-electron chi connectivity index (χ2n) is 7.95. The normalized spacial score (nSPS) is 24.4. The molecule has 2 atom stereocenters. The van der Waals surface area contributed by atoms with Crippen molar-refractivity contribution in [2.24, 2.45) is 0 Å². The third-order valence-electron chi connectivity index (χ3n) is 6.08. The largest absolute Gasteiger partial charge is 0.344 e. The highest BCUT2D eigenvalue weighted by Gasteiger charge is 2.40. The number of fused-ring (bicyclic) bond motifs is 1. The second-order valence-corrected chi connectivity index (χ2v) is 7.95. The van der Waals surface area contributed by atoms with Crippen LogP contribution in [0, 0.1) is 0 Å². The number of piperidine rings is 1. The molecule has 0 aromatic carbocycles. The molecule has 4 rings (SSSR count). The zero-order valence-electron chi connectivity index (χ0n) is 16.6. The van der Waals surface area contributed by atoms with E-state index in [9.17, 15) is 14.4 Å². The SMILES string of the molecule is O=C(CCC(=O)N1CCN(c2ncccn2)CC1)NC1CC2CCCCN2C1=O. The Morgan fingerprint density at radius 3 is 2.52 bits per heavy atom. The van der Waals surface area contributed by atoms with Crippen LogP contribution in [-0.2, 0) is 14.4 Å². The molecule has 1 aromatic heterocycles.